The smallest absolute Gasteiger partial charge is 0.257 e. The molecule has 1 aromatic heterocycles. The van der Waals surface area contributed by atoms with Crippen molar-refractivity contribution < 1.29 is 4.79 Å². The molecule has 0 fully saturated rings. The third-order valence-electron chi connectivity index (χ3n) is 5.60. The van der Waals surface area contributed by atoms with E-state index in [1.54, 1.807) is 6.07 Å². The van der Waals surface area contributed by atoms with Gasteiger partial charge in [0.1, 0.15) is 0 Å². The van der Waals surface area contributed by atoms with Crippen LogP contribution in [0.4, 0.5) is 5.69 Å². The highest BCUT2D eigenvalue weighted by Gasteiger charge is 2.14. The second-order valence-corrected chi connectivity index (χ2v) is 7.83. The van der Waals surface area contributed by atoms with Gasteiger partial charge in [0.05, 0.1) is 12.2 Å². The lowest BCUT2D eigenvalue weighted by molar-refractivity contribution is 0.0977. The standard InChI is InChI=1S/C25H31N5O/c1-7-30-20(6)22(19(5)29-30)15-26-25(27-23-13-9-11-17(3)18(23)4)28-24(31)21-12-8-10-16(2)14-21/h8-14H,7,15H2,1-6H3,(H2,26,27,28,31). The van der Waals surface area contributed by atoms with Crippen molar-refractivity contribution in [3.8, 4) is 0 Å². The summed E-state index contributed by atoms with van der Waals surface area (Å²) in [6.07, 6.45) is 0. The van der Waals surface area contributed by atoms with Crippen molar-refractivity contribution in [2.24, 2.45) is 4.99 Å². The van der Waals surface area contributed by atoms with E-state index in [0.29, 0.717) is 18.1 Å². The average Bonchev–Trinajstić information content (AvgIpc) is 3.02. The zero-order chi connectivity index (χ0) is 22.5. The Labute approximate surface area is 184 Å². The predicted octanol–water partition coefficient (Wildman–Crippen LogP) is 4.84. The van der Waals surface area contributed by atoms with Gasteiger partial charge in [-0.3, -0.25) is 14.8 Å². The molecule has 0 unspecified atom stereocenters. The van der Waals surface area contributed by atoms with Crippen molar-refractivity contribution in [2.75, 3.05) is 5.32 Å². The zero-order valence-corrected chi connectivity index (χ0v) is 19.2. The maximum Gasteiger partial charge on any atom is 0.257 e. The van der Waals surface area contributed by atoms with Crippen LogP contribution < -0.4 is 10.6 Å². The number of hydrogen-bond donors (Lipinski definition) is 2. The maximum atomic E-state index is 12.9. The highest BCUT2D eigenvalue weighted by molar-refractivity contribution is 6.10. The van der Waals surface area contributed by atoms with Crippen molar-refractivity contribution >= 4 is 17.6 Å². The van der Waals surface area contributed by atoms with E-state index in [9.17, 15) is 4.79 Å². The number of guanidine groups is 1. The summed E-state index contributed by atoms with van der Waals surface area (Å²) in [6, 6.07) is 13.6. The molecular formula is C25H31N5O. The van der Waals surface area contributed by atoms with Crippen LogP contribution in [-0.4, -0.2) is 21.6 Å². The van der Waals surface area contributed by atoms with Crippen LogP contribution in [-0.2, 0) is 13.1 Å². The highest BCUT2D eigenvalue weighted by Crippen LogP contribution is 2.19. The number of nitrogens with one attached hydrogen (secondary N) is 2. The van der Waals surface area contributed by atoms with Gasteiger partial charge in [-0.25, -0.2) is 4.99 Å². The van der Waals surface area contributed by atoms with E-state index in [0.717, 1.165) is 40.3 Å². The van der Waals surface area contributed by atoms with Crippen LogP contribution in [0.25, 0.3) is 0 Å². The number of carbonyl (C=O) groups is 1. The van der Waals surface area contributed by atoms with Crippen LogP contribution in [0.5, 0.6) is 0 Å². The van der Waals surface area contributed by atoms with E-state index in [4.69, 9.17) is 4.99 Å². The van der Waals surface area contributed by atoms with Crippen LogP contribution in [0.15, 0.2) is 47.5 Å². The minimum absolute atomic E-state index is 0.196. The van der Waals surface area contributed by atoms with Crippen LogP contribution in [0.2, 0.25) is 0 Å². The van der Waals surface area contributed by atoms with Crippen molar-refractivity contribution in [3.05, 3.63) is 81.7 Å². The summed E-state index contributed by atoms with van der Waals surface area (Å²) in [6.45, 7) is 13.4. The number of aryl methyl sites for hydroxylation is 4. The fraction of sp³-hybridized carbons (Fsp3) is 0.320. The third kappa shape index (κ3) is 5.20. The maximum absolute atomic E-state index is 12.9. The molecule has 3 rings (SSSR count). The molecule has 2 N–H and O–H groups in total. The molecule has 31 heavy (non-hydrogen) atoms. The van der Waals surface area contributed by atoms with Gasteiger partial charge < -0.3 is 5.32 Å². The molecule has 6 heteroatoms. The van der Waals surface area contributed by atoms with Crippen LogP contribution >= 0.6 is 0 Å². The Morgan fingerprint density at radius 1 is 1.06 bits per heavy atom. The van der Waals surface area contributed by atoms with E-state index in [2.05, 4.69) is 49.5 Å². The van der Waals surface area contributed by atoms with E-state index in [-0.39, 0.29) is 5.91 Å². The molecule has 0 aliphatic rings. The molecule has 1 heterocycles. The lowest BCUT2D eigenvalue weighted by Crippen LogP contribution is -2.36. The minimum Gasteiger partial charge on any atom is -0.326 e. The second kappa shape index (κ2) is 9.60. The molecule has 0 atom stereocenters. The summed E-state index contributed by atoms with van der Waals surface area (Å²) in [5.41, 5.74) is 7.97. The van der Waals surface area contributed by atoms with Gasteiger partial charge in [0.2, 0.25) is 5.96 Å². The van der Waals surface area contributed by atoms with Crippen molar-refractivity contribution in [1.82, 2.24) is 15.1 Å². The lowest BCUT2D eigenvalue weighted by atomic mass is 10.1. The first kappa shape index (κ1) is 22.3. The SMILES string of the molecule is CCn1nc(C)c(CN=C(NC(=O)c2cccc(C)c2)Nc2cccc(C)c2C)c1C. The first-order valence-electron chi connectivity index (χ1n) is 10.6. The molecule has 0 saturated heterocycles. The Balaban J connectivity index is 1.91. The molecule has 162 valence electrons. The molecule has 0 radical (unpaired) electrons. The Kier molecular flexibility index (Phi) is 6.90. The number of benzene rings is 2. The third-order valence-corrected chi connectivity index (χ3v) is 5.60. The van der Waals surface area contributed by atoms with Gasteiger partial charge in [0, 0.05) is 29.1 Å². The van der Waals surface area contributed by atoms with Gasteiger partial charge in [-0.1, -0.05) is 29.8 Å². The number of nitrogens with zero attached hydrogens (tertiary/aromatic N) is 3. The largest absolute Gasteiger partial charge is 0.326 e. The van der Waals surface area contributed by atoms with E-state index in [1.165, 1.54) is 5.56 Å². The summed E-state index contributed by atoms with van der Waals surface area (Å²) >= 11 is 0. The van der Waals surface area contributed by atoms with Crippen LogP contribution in [0, 0.1) is 34.6 Å². The molecule has 0 aliphatic heterocycles. The number of anilines is 1. The van der Waals surface area contributed by atoms with Crippen molar-refractivity contribution in [3.63, 3.8) is 0 Å². The number of hydrogen-bond acceptors (Lipinski definition) is 3. The first-order valence-corrected chi connectivity index (χ1v) is 10.6. The predicted molar refractivity (Wildman–Crippen MR) is 127 cm³/mol. The summed E-state index contributed by atoms with van der Waals surface area (Å²) < 4.78 is 1.98. The van der Waals surface area contributed by atoms with Gasteiger partial charge >= 0.3 is 0 Å². The zero-order valence-electron chi connectivity index (χ0n) is 19.2. The quantitative estimate of drug-likeness (QED) is 0.461. The molecule has 0 bridgehead atoms. The van der Waals surface area contributed by atoms with Crippen molar-refractivity contribution in [2.45, 2.75) is 54.6 Å². The number of rotatable bonds is 5. The monoisotopic (exact) mass is 417 g/mol. The average molecular weight is 418 g/mol. The normalized spacial score (nSPS) is 11.5. The number of aliphatic imine (C=N–C) groups is 1. The highest BCUT2D eigenvalue weighted by atomic mass is 16.1. The fourth-order valence-corrected chi connectivity index (χ4v) is 3.52. The topological polar surface area (TPSA) is 71.3 Å². The number of amides is 1. The van der Waals surface area contributed by atoms with Gasteiger partial charge in [0.25, 0.3) is 5.91 Å². The fourth-order valence-electron chi connectivity index (χ4n) is 3.52. The van der Waals surface area contributed by atoms with E-state index < -0.39 is 0 Å². The summed E-state index contributed by atoms with van der Waals surface area (Å²) in [4.78, 5) is 17.6. The van der Waals surface area contributed by atoms with Gasteiger partial charge in [-0.05, 0) is 70.9 Å². The van der Waals surface area contributed by atoms with Gasteiger partial charge in [-0.15, -0.1) is 0 Å². The summed E-state index contributed by atoms with van der Waals surface area (Å²) in [5, 5.41) is 10.9. The molecule has 6 nitrogen and oxygen atoms in total. The molecule has 3 aromatic rings. The molecule has 0 spiro atoms. The molecule has 1 amide bonds. The second-order valence-electron chi connectivity index (χ2n) is 7.83. The van der Waals surface area contributed by atoms with Crippen LogP contribution in [0.1, 0.15) is 50.9 Å². The van der Waals surface area contributed by atoms with Crippen molar-refractivity contribution in [1.29, 1.82) is 0 Å². The number of carbonyl (C=O) groups excluding carboxylic acids is 1. The summed E-state index contributed by atoms with van der Waals surface area (Å²) in [7, 11) is 0. The molecule has 0 aliphatic carbocycles. The summed E-state index contributed by atoms with van der Waals surface area (Å²) in [5.74, 6) is 0.223. The number of aromatic nitrogens is 2. The molecular weight excluding hydrogens is 386 g/mol. The lowest BCUT2D eigenvalue weighted by Gasteiger charge is -2.15. The Hall–Kier alpha value is -3.41. The van der Waals surface area contributed by atoms with E-state index in [1.807, 2.05) is 48.9 Å². The Bertz CT molecular complexity index is 1130. The Morgan fingerprint density at radius 2 is 1.81 bits per heavy atom. The minimum atomic E-state index is -0.196. The van der Waals surface area contributed by atoms with E-state index >= 15 is 0 Å². The molecule has 2 aromatic carbocycles. The van der Waals surface area contributed by atoms with Crippen LogP contribution in [0.3, 0.4) is 0 Å². The van der Waals surface area contributed by atoms with Gasteiger partial charge in [0.15, 0.2) is 0 Å². The molecule has 0 saturated carbocycles. The Morgan fingerprint density at radius 3 is 2.48 bits per heavy atom. The van der Waals surface area contributed by atoms with Gasteiger partial charge in [-0.2, -0.15) is 5.10 Å². The first-order chi connectivity index (χ1) is 14.8.